The van der Waals surface area contributed by atoms with Crippen LogP contribution in [0.3, 0.4) is 0 Å². The number of rotatable bonds is 3. The zero-order chi connectivity index (χ0) is 12.6. The number of Topliss-reactive ketones (excluding diaryl/α,β-unsaturated/α-hetero) is 1. The van der Waals surface area contributed by atoms with Crippen molar-refractivity contribution >= 4 is 5.78 Å². The van der Waals surface area contributed by atoms with Crippen LogP contribution in [-0.4, -0.2) is 17.0 Å². The van der Waals surface area contributed by atoms with Crippen molar-refractivity contribution in [2.24, 2.45) is 16.7 Å². The molecule has 16 heavy (non-hydrogen) atoms. The molecule has 92 valence electrons. The van der Waals surface area contributed by atoms with Gasteiger partial charge in [-0.2, -0.15) is 0 Å². The van der Waals surface area contributed by atoms with E-state index in [1.54, 1.807) is 6.92 Å². The monoisotopic (exact) mass is 224 g/mol. The van der Waals surface area contributed by atoms with Crippen molar-refractivity contribution in [3.05, 3.63) is 12.2 Å². The highest BCUT2D eigenvalue weighted by atomic mass is 16.3. The Morgan fingerprint density at radius 2 is 1.88 bits per heavy atom. The van der Waals surface area contributed by atoms with Gasteiger partial charge in [0.2, 0.25) is 0 Å². The van der Waals surface area contributed by atoms with E-state index >= 15 is 0 Å². The highest BCUT2D eigenvalue weighted by Crippen LogP contribution is 2.51. The number of carbonyl (C=O) groups is 1. The SMILES string of the molecule is CC(O)C(C)/C=C/C1(C)CCC(=O)C1(C)C. The fourth-order valence-corrected chi connectivity index (χ4v) is 2.13. The molecular weight excluding hydrogens is 200 g/mol. The van der Waals surface area contributed by atoms with Crippen molar-refractivity contribution in [1.82, 2.24) is 0 Å². The second-order valence-electron chi connectivity index (χ2n) is 5.92. The van der Waals surface area contributed by atoms with Crippen LogP contribution in [0.15, 0.2) is 12.2 Å². The molecule has 0 amide bonds. The van der Waals surface area contributed by atoms with Crippen molar-refractivity contribution in [3.8, 4) is 0 Å². The summed E-state index contributed by atoms with van der Waals surface area (Å²) >= 11 is 0. The summed E-state index contributed by atoms with van der Waals surface area (Å²) in [5.41, 5.74) is -0.338. The maximum atomic E-state index is 11.8. The van der Waals surface area contributed by atoms with E-state index in [4.69, 9.17) is 0 Å². The van der Waals surface area contributed by atoms with Crippen molar-refractivity contribution in [2.75, 3.05) is 0 Å². The van der Waals surface area contributed by atoms with Gasteiger partial charge in [0.25, 0.3) is 0 Å². The van der Waals surface area contributed by atoms with Crippen molar-refractivity contribution in [3.63, 3.8) is 0 Å². The molecule has 0 aromatic rings. The van der Waals surface area contributed by atoms with Crippen LogP contribution in [0.5, 0.6) is 0 Å². The summed E-state index contributed by atoms with van der Waals surface area (Å²) in [6.07, 6.45) is 5.44. The van der Waals surface area contributed by atoms with Gasteiger partial charge in [-0.15, -0.1) is 0 Å². The molecular formula is C14H24O2. The Morgan fingerprint density at radius 3 is 2.25 bits per heavy atom. The van der Waals surface area contributed by atoms with E-state index in [0.29, 0.717) is 12.2 Å². The first kappa shape index (κ1) is 13.4. The zero-order valence-corrected chi connectivity index (χ0v) is 11.1. The van der Waals surface area contributed by atoms with Crippen LogP contribution in [-0.2, 0) is 4.79 Å². The fourth-order valence-electron chi connectivity index (χ4n) is 2.13. The van der Waals surface area contributed by atoms with Gasteiger partial charge in [-0.3, -0.25) is 4.79 Å². The molecule has 1 aliphatic carbocycles. The molecule has 0 saturated heterocycles. The minimum Gasteiger partial charge on any atom is -0.393 e. The van der Waals surface area contributed by atoms with E-state index in [1.807, 2.05) is 26.8 Å². The molecule has 1 fully saturated rings. The zero-order valence-electron chi connectivity index (χ0n) is 11.1. The normalized spacial score (nSPS) is 33.2. The molecule has 3 unspecified atom stereocenters. The lowest BCUT2D eigenvalue weighted by molar-refractivity contribution is -0.126. The predicted molar refractivity (Wildman–Crippen MR) is 66.1 cm³/mol. The molecule has 0 heterocycles. The van der Waals surface area contributed by atoms with Crippen LogP contribution in [0.4, 0.5) is 0 Å². The highest BCUT2D eigenvalue weighted by Gasteiger charge is 2.49. The quantitative estimate of drug-likeness (QED) is 0.748. The van der Waals surface area contributed by atoms with Crippen LogP contribution in [0.25, 0.3) is 0 Å². The number of hydrogen-bond acceptors (Lipinski definition) is 2. The minimum absolute atomic E-state index is 0.0623. The van der Waals surface area contributed by atoms with E-state index in [1.165, 1.54) is 0 Å². The Kier molecular flexibility index (Phi) is 3.63. The Bertz CT molecular complexity index is 302. The van der Waals surface area contributed by atoms with Crippen molar-refractivity contribution < 1.29 is 9.90 Å². The molecule has 0 radical (unpaired) electrons. The predicted octanol–water partition coefficient (Wildman–Crippen LogP) is 2.95. The molecule has 0 aromatic heterocycles. The second kappa shape index (κ2) is 4.33. The Labute approximate surface area is 98.7 Å². The molecule has 1 rings (SSSR count). The molecule has 2 nitrogen and oxygen atoms in total. The summed E-state index contributed by atoms with van der Waals surface area (Å²) in [4.78, 5) is 11.8. The first-order chi connectivity index (χ1) is 7.21. The standard InChI is InChI=1S/C14H24O2/c1-10(11(2)15)6-8-14(5)9-7-12(16)13(14,3)4/h6,8,10-11,15H,7,9H2,1-5H3/b8-6+. The third-order valence-corrected chi connectivity index (χ3v) is 4.52. The molecule has 0 aliphatic heterocycles. The van der Waals surface area contributed by atoms with Gasteiger partial charge in [-0.1, -0.05) is 39.8 Å². The van der Waals surface area contributed by atoms with Crippen molar-refractivity contribution in [2.45, 2.75) is 53.6 Å². The van der Waals surface area contributed by atoms with Gasteiger partial charge < -0.3 is 5.11 Å². The lowest BCUT2D eigenvalue weighted by Gasteiger charge is -2.34. The van der Waals surface area contributed by atoms with Gasteiger partial charge in [0.05, 0.1) is 6.10 Å². The molecule has 0 spiro atoms. The first-order valence-corrected chi connectivity index (χ1v) is 6.11. The molecule has 1 saturated carbocycles. The average Bonchev–Trinajstić information content (AvgIpc) is 2.39. The van der Waals surface area contributed by atoms with Gasteiger partial charge in [0.1, 0.15) is 5.78 Å². The summed E-state index contributed by atoms with van der Waals surface area (Å²) in [7, 11) is 0. The van der Waals surface area contributed by atoms with E-state index in [-0.39, 0.29) is 22.9 Å². The second-order valence-corrected chi connectivity index (χ2v) is 5.92. The largest absolute Gasteiger partial charge is 0.393 e. The fraction of sp³-hybridized carbons (Fsp3) is 0.786. The number of hydrogen-bond donors (Lipinski definition) is 1. The van der Waals surface area contributed by atoms with Crippen molar-refractivity contribution in [1.29, 1.82) is 0 Å². The topological polar surface area (TPSA) is 37.3 Å². The lowest BCUT2D eigenvalue weighted by Crippen LogP contribution is -2.33. The Balaban J connectivity index is 2.84. The number of ketones is 1. The summed E-state index contributed by atoms with van der Waals surface area (Å²) in [5, 5.41) is 9.44. The van der Waals surface area contributed by atoms with E-state index in [9.17, 15) is 9.90 Å². The van der Waals surface area contributed by atoms with E-state index < -0.39 is 0 Å². The summed E-state index contributed by atoms with van der Waals surface area (Å²) in [6.45, 7) is 9.99. The number of aliphatic hydroxyl groups is 1. The maximum Gasteiger partial charge on any atom is 0.139 e. The van der Waals surface area contributed by atoms with Gasteiger partial charge in [0.15, 0.2) is 0 Å². The van der Waals surface area contributed by atoms with Crippen LogP contribution in [0.2, 0.25) is 0 Å². The summed E-state index contributed by atoms with van der Waals surface area (Å²) < 4.78 is 0. The molecule has 0 aromatic carbocycles. The summed E-state index contributed by atoms with van der Waals surface area (Å²) in [5.74, 6) is 0.493. The van der Waals surface area contributed by atoms with Crippen LogP contribution < -0.4 is 0 Å². The van der Waals surface area contributed by atoms with Crippen LogP contribution >= 0.6 is 0 Å². The third kappa shape index (κ3) is 2.22. The molecule has 0 bridgehead atoms. The third-order valence-electron chi connectivity index (χ3n) is 4.52. The van der Waals surface area contributed by atoms with Gasteiger partial charge in [0, 0.05) is 11.8 Å². The first-order valence-electron chi connectivity index (χ1n) is 6.11. The summed E-state index contributed by atoms with van der Waals surface area (Å²) in [6, 6.07) is 0. The van der Waals surface area contributed by atoms with Gasteiger partial charge in [-0.25, -0.2) is 0 Å². The van der Waals surface area contributed by atoms with E-state index in [0.717, 1.165) is 6.42 Å². The average molecular weight is 224 g/mol. The Hall–Kier alpha value is -0.630. The van der Waals surface area contributed by atoms with Gasteiger partial charge in [-0.05, 0) is 24.7 Å². The highest BCUT2D eigenvalue weighted by molar-refractivity contribution is 5.87. The van der Waals surface area contributed by atoms with Crippen LogP contribution in [0, 0.1) is 16.7 Å². The number of allylic oxidation sites excluding steroid dienone is 1. The molecule has 1 N–H and O–H groups in total. The minimum atomic E-state index is -0.333. The molecule has 1 aliphatic rings. The number of carbonyl (C=O) groups excluding carboxylic acids is 1. The van der Waals surface area contributed by atoms with Gasteiger partial charge >= 0.3 is 0 Å². The lowest BCUT2D eigenvalue weighted by atomic mass is 9.68. The smallest absolute Gasteiger partial charge is 0.139 e. The van der Waals surface area contributed by atoms with E-state index in [2.05, 4.69) is 13.0 Å². The Morgan fingerprint density at radius 1 is 1.31 bits per heavy atom. The van der Waals surface area contributed by atoms with Crippen LogP contribution in [0.1, 0.15) is 47.5 Å². The molecule has 3 atom stereocenters. The number of aliphatic hydroxyl groups excluding tert-OH is 1. The molecule has 2 heteroatoms. The maximum absolute atomic E-state index is 11.8.